The Morgan fingerprint density at radius 2 is 1.97 bits per heavy atom. The van der Waals surface area contributed by atoms with E-state index in [4.69, 9.17) is 24.0 Å². The molecule has 2 aliphatic carbocycles. The maximum Gasteiger partial charge on any atom is 0.308 e. The number of carbonyl (C=O) groups is 2. The molecular weight excluding hydrogens is 426 g/mol. The Kier molecular flexibility index (Phi) is 6.09. The number of piperidine rings is 1. The third-order valence-electron chi connectivity index (χ3n) is 7.90. The molecule has 2 fully saturated rings. The Morgan fingerprint density at radius 1 is 1.15 bits per heavy atom. The van der Waals surface area contributed by atoms with Crippen molar-refractivity contribution in [2.24, 2.45) is 5.92 Å². The van der Waals surface area contributed by atoms with E-state index in [-0.39, 0.29) is 29.6 Å². The van der Waals surface area contributed by atoms with Gasteiger partial charge >= 0.3 is 11.9 Å². The summed E-state index contributed by atoms with van der Waals surface area (Å²) in [6, 6.07) is 4.46. The molecule has 2 heterocycles. The second-order valence-electron chi connectivity index (χ2n) is 9.79. The molecular formula is C25H33NO7. The van der Waals surface area contributed by atoms with Gasteiger partial charge in [0.15, 0.2) is 11.5 Å². The van der Waals surface area contributed by atoms with Gasteiger partial charge in [-0.25, -0.2) is 9.78 Å². The zero-order valence-electron chi connectivity index (χ0n) is 19.6. The molecule has 0 unspecified atom stereocenters. The molecule has 0 radical (unpaired) electrons. The first-order valence-corrected chi connectivity index (χ1v) is 12.0. The molecule has 1 aromatic carbocycles. The maximum atomic E-state index is 11.7. The van der Waals surface area contributed by atoms with E-state index in [1.165, 1.54) is 25.0 Å². The van der Waals surface area contributed by atoms with Crippen LogP contribution in [0.4, 0.5) is 0 Å². The number of ether oxygens (including phenoxy) is 3. The molecule has 5 atom stereocenters. The van der Waals surface area contributed by atoms with Gasteiger partial charge in [-0.1, -0.05) is 6.07 Å². The van der Waals surface area contributed by atoms with E-state index < -0.39 is 0 Å². The number of rotatable bonds is 8. The Balaban J connectivity index is 1.36. The molecule has 1 spiro atoms. The number of hydrogen-bond acceptors (Lipinski definition) is 8. The highest BCUT2D eigenvalue weighted by Crippen LogP contribution is 2.64. The second-order valence-corrected chi connectivity index (χ2v) is 9.79. The summed E-state index contributed by atoms with van der Waals surface area (Å²) in [5.41, 5.74) is 2.39. The van der Waals surface area contributed by atoms with Gasteiger partial charge in [-0.3, -0.25) is 9.59 Å². The molecule has 33 heavy (non-hydrogen) atoms. The minimum atomic E-state index is -0.347. The zero-order chi connectivity index (χ0) is 23.2. The summed E-state index contributed by atoms with van der Waals surface area (Å²) >= 11 is 0. The van der Waals surface area contributed by atoms with E-state index in [9.17, 15) is 9.59 Å². The Morgan fingerprint density at radius 3 is 2.76 bits per heavy atom. The van der Waals surface area contributed by atoms with Gasteiger partial charge in [0.05, 0.1) is 13.2 Å². The van der Waals surface area contributed by atoms with Crippen LogP contribution in [0, 0.1) is 5.92 Å². The molecule has 8 nitrogen and oxygen atoms in total. The van der Waals surface area contributed by atoms with Crippen LogP contribution in [0.3, 0.4) is 0 Å². The van der Waals surface area contributed by atoms with E-state index in [0.29, 0.717) is 30.9 Å². The summed E-state index contributed by atoms with van der Waals surface area (Å²) < 4.78 is 17.1. The summed E-state index contributed by atoms with van der Waals surface area (Å²) in [5, 5.41) is 0. The molecule has 0 amide bonds. The monoisotopic (exact) mass is 459 g/mol. The molecule has 8 heteroatoms. The number of nitrogens with zero attached hydrogens (tertiary/aromatic N) is 1. The van der Waals surface area contributed by atoms with Gasteiger partial charge in [0.25, 0.3) is 0 Å². The van der Waals surface area contributed by atoms with Gasteiger partial charge in [-0.2, -0.15) is 0 Å². The van der Waals surface area contributed by atoms with Crippen LogP contribution in [0.15, 0.2) is 12.1 Å². The minimum absolute atomic E-state index is 0.141. The summed E-state index contributed by atoms with van der Waals surface area (Å²) in [6.07, 6.45) is 5.00. The van der Waals surface area contributed by atoms with E-state index in [1.54, 1.807) is 0 Å². The Labute approximate surface area is 194 Å². The minimum Gasteiger partial charge on any atom is -0.482 e. The summed E-state index contributed by atoms with van der Waals surface area (Å²) in [7, 11) is 2.23. The lowest BCUT2D eigenvalue weighted by molar-refractivity contribution is -0.347. The number of esters is 2. The number of unbranched alkanes of at least 4 members (excludes halogenated alkanes) is 1. The maximum absolute atomic E-state index is 11.7. The van der Waals surface area contributed by atoms with E-state index in [1.807, 2.05) is 6.07 Å². The van der Waals surface area contributed by atoms with Crippen molar-refractivity contribution < 1.29 is 33.6 Å². The lowest BCUT2D eigenvalue weighted by atomic mass is 9.51. The van der Waals surface area contributed by atoms with Crippen LogP contribution >= 0.6 is 0 Å². The van der Waals surface area contributed by atoms with Crippen molar-refractivity contribution >= 4 is 11.9 Å². The number of likely N-dealkylation sites (N-methyl/N-ethyl adjacent to an activating group) is 1. The quantitative estimate of drug-likeness (QED) is 0.193. The van der Waals surface area contributed by atoms with Gasteiger partial charge in [-0.05, 0) is 69.7 Å². The highest BCUT2D eigenvalue weighted by atomic mass is 17.2. The second kappa shape index (κ2) is 8.89. The van der Waals surface area contributed by atoms with Gasteiger partial charge in [-0.15, -0.1) is 0 Å². The van der Waals surface area contributed by atoms with Gasteiger partial charge < -0.3 is 19.1 Å². The number of carbonyl (C=O) groups excluding carboxylic acids is 2. The fourth-order valence-corrected chi connectivity index (χ4v) is 6.63. The van der Waals surface area contributed by atoms with Crippen molar-refractivity contribution in [1.29, 1.82) is 0 Å². The molecule has 180 valence electrons. The molecule has 1 saturated heterocycles. The molecule has 0 N–H and O–H groups in total. The van der Waals surface area contributed by atoms with Crippen molar-refractivity contribution in [1.82, 2.24) is 4.90 Å². The van der Waals surface area contributed by atoms with Crippen LogP contribution in [0.5, 0.6) is 11.5 Å². The predicted molar refractivity (Wildman–Crippen MR) is 118 cm³/mol. The molecule has 2 aliphatic heterocycles. The molecule has 4 aliphatic rings. The molecule has 0 aromatic heterocycles. The molecule has 2 bridgehead atoms. The molecule has 1 aromatic rings. The number of hydrogen-bond donors (Lipinski definition) is 0. The molecule has 5 rings (SSSR count). The smallest absolute Gasteiger partial charge is 0.308 e. The van der Waals surface area contributed by atoms with Crippen molar-refractivity contribution in [3.8, 4) is 11.5 Å². The summed E-state index contributed by atoms with van der Waals surface area (Å²) in [4.78, 5) is 36.6. The number of benzene rings is 1. The largest absolute Gasteiger partial charge is 0.482 e. The van der Waals surface area contributed by atoms with E-state index in [2.05, 4.69) is 18.0 Å². The first-order chi connectivity index (χ1) is 15.9. The van der Waals surface area contributed by atoms with Crippen molar-refractivity contribution in [3.05, 3.63) is 23.3 Å². The van der Waals surface area contributed by atoms with Crippen LogP contribution in [0.25, 0.3) is 0 Å². The lowest BCUT2D eigenvalue weighted by Gasteiger charge is -2.58. The van der Waals surface area contributed by atoms with Crippen molar-refractivity contribution in [2.45, 2.75) is 76.0 Å². The predicted octanol–water partition coefficient (Wildman–Crippen LogP) is 2.94. The van der Waals surface area contributed by atoms with Gasteiger partial charge in [0, 0.05) is 30.9 Å². The van der Waals surface area contributed by atoms with Crippen LogP contribution in [0.1, 0.15) is 57.1 Å². The standard InChI is InChI=1S/C25H33NO7/c1-15(27)29-12-4-5-13-30-33-21-9-7-18-19-14-17-6-8-20(31-16(2)28)23-22(17)25(18,24(21)32-23)10-11-26(19)3/h6,8,18-19,21,24H,4-5,7,9-14H2,1-3H3/t18-,19+,21-,24-,25-/m0/s1. The Bertz CT molecular complexity index is 934. The summed E-state index contributed by atoms with van der Waals surface area (Å²) in [5.74, 6) is 1.09. The van der Waals surface area contributed by atoms with Crippen LogP contribution in [-0.2, 0) is 35.9 Å². The van der Waals surface area contributed by atoms with Crippen molar-refractivity contribution in [2.75, 3.05) is 26.8 Å². The van der Waals surface area contributed by atoms with Crippen molar-refractivity contribution in [3.63, 3.8) is 0 Å². The highest BCUT2D eigenvalue weighted by Gasteiger charge is 2.66. The van der Waals surface area contributed by atoms with Crippen LogP contribution in [0.2, 0.25) is 0 Å². The van der Waals surface area contributed by atoms with Crippen LogP contribution < -0.4 is 9.47 Å². The van der Waals surface area contributed by atoms with E-state index in [0.717, 1.165) is 50.8 Å². The Hall–Kier alpha value is -2.16. The normalized spacial score (nSPS) is 31.5. The first-order valence-electron chi connectivity index (χ1n) is 12.0. The highest BCUT2D eigenvalue weighted by molar-refractivity contribution is 5.72. The topological polar surface area (TPSA) is 83.5 Å². The third kappa shape index (κ3) is 3.82. The average Bonchev–Trinajstić information content (AvgIpc) is 3.12. The number of likely N-dealkylation sites (tertiary alicyclic amines) is 1. The van der Waals surface area contributed by atoms with E-state index >= 15 is 0 Å². The third-order valence-corrected chi connectivity index (χ3v) is 7.90. The lowest BCUT2D eigenvalue weighted by Crippen LogP contribution is -2.66. The zero-order valence-corrected chi connectivity index (χ0v) is 19.6. The fourth-order valence-electron chi connectivity index (χ4n) is 6.63. The van der Waals surface area contributed by atoms with Gasteiger partial charge in [0.2, 0.25) is 0 Å². The summed E-state index contributed by atoms with van der Waals surface area (Å²) in [6.45, 7) is 4.66. The molecule has 1 saturated carbocycles. The van der Waals surface area contributed by atoms with Crippen LogP contribution in [-0.4, -0.2) is 61.9 Å². The first kappa shape index (κ1) is 22.6. The van der Waals surface area contributed by atoms with Gasteiger partial charge in [0.1, 0.15) is 12.2 Å². The SMILES string of the molecule is CC(=O)OCCCCOO[C@H]1CC[C@H]2[C@H]3Cc4ccc(OC(C)=O)c5c4[C@@]2(CCN3C)[C@H]1O5. The fraction of sp³-hybridized carbons (Fsp3) is 0.680. The average molecular weight is 460 g/mol.